The lowest BCUT2D eigenvalue weighted by molar-refractivity contribution is -0.116. The molecule has 0 saturated heterocycles. The molecular formula is C24H26N2O6. The van der Waals surface area contributed by atoms with Crippen molar-refractivity contribution >= 4 is 28.4 Å². The van der Waals surface area contributed by atoms with E-state index in [1.165, 1.54) is 6.08 Å². The van der Waals surface area contributed by atoms with Crippen molar-refractivity contribution in [3.8, 4) is 11.5 Å². The maximum atomic E-state index is 12.2. The standard InChI is InChI=1S/C24H26N2O6/c1-16(22-15-18-14-20(30-2)9-10-21(18)32-22)13-23(27)25-11-3-4-12-31-19-7-5-17(6-8-19)24(28)26-29/h5-10,13-15,29H,3-4,11-12H2,1-2H3,(H,25,27)(H,26,28)/b16-13-. The second kappa shape index (κ2) is 11.0. The molecule has 0 aliphatic heterocycles. The molecule has 2 aromatic carbocycles. The minimum atomic E-state index is -0.572. The summed E-state index contributed by atoms with van der Waals surface area (Å²) in [4.78, 5) is 23.5. The van der Waals surface area contributed by atoms with Crippen LogP contribution in [0, 0.1) is 0 Å². The van der Waals surface area contributed by atoms with Crippen LogP contribution in [0.1, 0.15) is 35.9 Å². The molecule has 0 aliphatic rings. The summed E-state index contributed by atoms with van der Waals surface area (Å²) in [6.07, 6.45) is 3.04. The Morgan fingerprint density at radius 2 is 1.81 bits per heavy atom. The number of carbonyl (C=O) groups excluding carboxylic acids is 2. The topological polar surface area (TPSA) is 110 Å². The van der Waals surface area contributed by atoms with Crippen LogP contribution in [0.3, 0.4) is 0 Å². The van der Waals surface area contributed by atoms with Crippen molar-refractivity contribution in [3.63, 3.8) is 0 Å². The third kappa shape index (κ3) is 6.12. The Morgan fingerprint density at radius 3 is 2.53 bits per heavy atom. The molecule has 3 aromatic rings. The number of amides is 2. The number of furan rings is 1. The van der Waals surface area contributed by atoms with Crippen molar-refractivity contribution < 1.29 is 28.7 Å². The normalized spacial score (nSPS) is 11.3. The molecule has 1 heterocycles. The number of hydrogen-bond donors (Lipinski definition) is 3. The lowest BCUT2D eigenvalue weighted by Gasteiger charge is -2.07. The summed E-state index contributed by atoms with van der Waals surface area (Å²) in [6.45, 7) is 2.84. The Kier molecular flexibility index (Phi) is 7.88. The lowest BCUT2D eigenvalue weighted by atomic mass is 10.2. The molecule has 2 amide bonds. The van der Waals surface area contributed by atoms with Crippen LogP contribution in [0.15, 0.2) is 59.0 Å². The largest absolute Gasteiger partial charge is 0.497 e. The zero-order chi connectivity index (χ0) is 22.9. The average Bonchev–Trinajstić information content (AvgIpc) is 3.24. The third-order valence-electron chi connectivity index (χ3n) is 4.82. The second-order valence-corrected chi connectivity index (χ2v) is 7.15. The van der Waals surface area contributed by atoms with Crippen molar-refractivity contribution in [3.05, 3.63) is 65.9 Å². The van der Waals surface area contributed by atoms with Gasteiger partial charge < -0.3 is 19.2 Å². The van der Waals surface area contributed by atoms with Gasteiger partial charge in [0.25, 0.3) is 5.91 Å². The Bertz CT molecular complexity index is 1100. The van der Waals surface area contributed by atoms with Crippen molar-refractivity contribution in [2.24, 2.45) is 0 Å². The van der Waals surface area contributed by atoms with Crippen LogP contribution < -0.4 is 20.3 Å². The highest BCUT2D eigenvalue weighted by molar-refractivity contribution is 5.95. The van der Waals surface area contributed by atoms with Gasteiger partial charge in [0.1, 0.15) is 22.8 Å². The number of rotatable bonds is 10. The Balaban J connectivity index is 1.39. The highest BCUT2D eigenvalue weighted by Crippen LogP contribution is 2.27. The predicted octanol–water partition coefficient (Wildman–Crippen LogP) is 3.94. The molecule has 0 aliphatic carbocycles. The Labute approximate surface area is 185 Å². The van der Waals surface area contributed by atoms with Gasteiger partial charge in [-0.3, -0.25) is 14.8 Å². The fourth-order valence-electron chi connectivity index (χ4n) is 3.06. The Morgan fingerprint density at radius 1 is 1.06 bits per heavy atom. The summed E-state index contributed by atoms with van der Waals surface area (Å²) in [5.41, 5.74) is 3.39. The average molecular weight is 438 g/mol. The summed E-state index contributed by atoms with van der Waals surface area (Å²) < 4.78 is 16.6. The molecule has 8 heteroatoms. The van der Waals surface area contributed by atoms with Gasteiger partial charge in [-0.15, -0.1) is 0 Å². The number of allylic oxidation sites excluding steroid dienone is 1. The molecule has 3 N–H and O–H groups in total. The van der Waals surface area contributed by atoms with Gasteiger partial charge in [-0.2, -0.15) is 0 Å². The molecule has 1 aromatic heterocycles. The van der Waals surface area contributed by atoms with Crippen molar-refractivity contribution in [1.82, 2.24) is 10.8 Å². The van der Waals surface area contributed by atoms with E-state index in [9.17, 15) is 9.59 Å². The van der Waals surface area contributed by atoms with Gasteiger partial charge in [0.05, 0.1) is 13.7 Å². The summed E-state index contributed by atoms with van der Waals surface area (Å²) in [5.74, 6) is 1.26. The van der Waals surface area contributed by atoms with E-state index in [4.69, 9.17) is 19.1 Å². The van der Waals surface area contributed by atoms with Crippen LogP contribution in [0.25, 0.3) is 16.5 Å². The molecule has 0 fully saturated rings. The van der Waals surface area contributed by atoms with Gasteiger partial charge >= 0.3 is 0 Å². The number of carbonyl (C=O) groups is 2. The molecule has 8 nitrogen and oxygen atoms in total. The summed E-state index contributed by atoms with van der Waals surface area (Å²) in [6, 6.07) is 13.9. The number of fused-ring (bicyclic) bond motifs is 1. The lowest BCUT2D eigenvalue weighted by Crippen LogP contribution is -2.22. The first kappa shape index (κ1) is 22.9. The molecule has 168 valence electrons. The van der Waals surface area contributed by atoms with E-state index in [1.54, 1.807) is 36.9 Å². The molecule has 0 saturated carbocycles. The minimum absolute atomic E-state index is 0.181. The van der Waals surface area contributed by atoms with Gasteiger partial charge in [0.15, 0.2) is 0 Å². The van der Waals surface area contributed by atoms with Gasteiger partial charge in [0.2, 0.25) is 5.91 Å². The number of methoxy groups -OCH3 is 1. The smallest absolute Gasteiger partial charge is 0.274 e. The van der Waals surface area contributed by atoms with Gasteiger partial charge in [-0.1, -0.05) is 0 Å². The zero-order valence-corrected chi connectivity index (χ0v) is 18.0. The highest BCUT2D eigenvalue weighted by Gasteiger charge is 2.08. The number of hydrogen-bond acceptors (Lipinski definition) is 6. The number of unbranched alkanes of at least 4 members (excludes halogenated alkanes) is 1. The van der Waals surface area contributed by atoms with E-state index >= 15 is 0 Å². The third-order valence-corrected chi connectivity index (χ3v) is 4.82. The summed E-state index contributed by atoms with van der Waals surface area (Å²) >= 11 is 0. The molecule has 0 bridgehead atoms. The predicted molar refractivity (Wildman–Crippen MR) is 120 cm³/mol. The first-order valence-corrected chi connectivity index (χ1v) is 10.2. The van der Waals surface area contributed by atoms with Gasteiger partial charge in [-0.25, -0.2) is 5.48 Å². The van der Waals surface area contributed by atoms with E-state index in [0.29, 0.717) is 30.2 Å². The van der Waals surface area contributed by atoms with E-state index in [2.05, 4.69) is 5.32 Å². The number of benzene rings is 2. The van der Waals surface area contributed by atoms with Crippen LogP contribution in [-0.2, 0) is 4.79 Å². The fourth-order valence-corrected chi connectivity index (χ4v) is 3.06. The van der Waals surface area contributed by atoms with Crippen LogP contribution in [0.5, 0.6) is 11.5 Å². The molecule has 0 radical (unpaired) electrons. The quantitative estimate of drug-likeness (QED) is 0.191. The molecular weight excluding hydrogens is 412 g/mol. The zero-order valence-electron chi connectivity index (χ0n) is 18.0. The first-order valence-electron chi connectivity index (χ1n) is 10.2. The van der Waals surface area contributed by atoms with Crippen LogP contribution in [0.2, 0.25) is 0 Å². The number of ether oxygens (including phenoxy) is 2. The molecule has 0 spiro atoms. The Hall–Kier alpha value is -3.78. The first-order chi connectivity index (χ1) is 15.5. The van der Waals surface area contributed by atoms with Gasteiger partial charge in [-0.05, 0) is 73.9 Å². The van der Waals surface area contributed by atoms with Crippen molar-refractivity contribution in [2.45, 2.75) is 19.8 Å². The SMILES string of the molecule is COc1ccc2oc(/C(C)=C\C(=O)NCCCCOc3ccc(C(=O)NO)cc3)cc2c1. The maximum Gasteiger partial charge on any atom is 0.274 e. The number of nitrogens with one attached hydrogen (secondary N) is 2. The van der Waals surface area contributed by atoms with E-state index in [0.717, 1.165) is 35.1 Å². The van der Waals surface area contributed by atoms with Crippen molar-refractivity contribution in [2.75, 3.05) is 20.3 Å². The molecule has 32 heavy (non-hydrogen) atoms. The minimum Gasteiger partial charge on any atom is -0.497 e. The van der Waals surface area contributed by atoms with Crippen LogP contribution in [-0.4, -0.2) is 37.3 Å². The second-order valence-electron chi connectivity index (χ2n) is 7.15. The molecule has 3 rings (SSSR count). The van der Waals surface area contributed by atoms with E-state index in [-0.39, 0.29) is 5.91 Å². The number of hydroxylamine groups is 1. The maximum absolute atomic E-state index is 12.2. The van der Waals surface area contributed by atoms with Crippen molar-refractivity contribution in [1.29, 1.82) is 0 Å². The van der Waals surface area contributed by atoms with Crippen LogP contribution >= 0.6 is 0 Å². The van der Waals surface area contributed by atoms with Gasteiger partial charge in [0, 0.05) is 23.6 Å². The molecule has 0 atom stereocenters. The summed E-state index contributed by atoms with van der Waals surface area (Å²) in [5, 5.41) is 12.4. The summed E-state index contributed by atoms with van der Waals surface area (Å²) in [7, 11) is 1.61. The molecule has 0 unspecified atom stereocenters. The van der Waals surface area contributed by atoms with E-state index in [1.807, 2.05) is 31.2 Å². The van der Waals surface area contributed by atoms with Crippen LogP contribution in [0.4, 0.5) is 0 Å². The fraction of sp³-hybridized carbons (Fsp3) is 0.250. The monoisotopic (exact) mass is 438 g/mol. The van der Waals surface area contributed by atoms with E-state index < -0.39 is 5.91 Å². The highest BCUT2D eigenvalue weighted by atomic mass is 16.5.